The molecule has 0 radical (unpaired) electrons. The Morgan fingerprint density at radius 2 is 2.18 bits per heavy atom. The fourth-order valence-corrected chi connectivity index (χ4v) is 1.96. The van der Waals surface area contributed by atoms with Gasteiger partial charge in [0.15, 0.2) is 0 Å². The Kier molecular flexibility index (Phi) is 2.79. The van der Waals surface area contributed by atoms with Crippen LogP contribution in [0.3, 0.4) is 0 Å². The van der Waals surface area contributed by atoms with E-state index in [1.807, 2.05) is 6.92 Å². The van der Waals surface area contributed by atoms with Gasteiger partial charge in [-0.15, -0.1) is 0 Å². The molecule has 1 saturated heterocycles. The van der Waals surface area contributed by atoms with Crippen molar-refractivity contribution in [2.45, 2.75) is 20.3 Å². The monoisotopic (exact) mass is 234 g/mol. The maximum absolute atomic E-state index is 11.8. The molecule has 2 heterocycles. The van der Waals surface area contributed by atoms with Gasteiger partial charge in [-0.1, -0.05) is 0 Å². The molecule has 17 heavy (non-hydrogen) atoms. The lowest BCUT2D eigenvalue weighted by Crippen LogP contribution is -2.29. The van der Waals surface area contributed by atoms with E-state index in [4.69, 9.17) is 5.73 Å². The topological polar surface area (TPSA) is 89.2 Å². The third-order valence-corrected chi connectivity index (χ3v) is 2.76. The molecule has 1 fully saturated rings. The highest BCUT2D eigenvalue weighted by Gasteiger charge is 2.34. The molecule has 2 amide bonds. The lowest BCUT2D eigenvalue weighted by atomic mass is 10.1. The molecule has 6 heteroatoms. The quantitative estimate of drug-likeness (QED) is 0.775. The van der Waals surface area contributed by atoms with Crippen molar-refractivity contribution < 1.29 is 9.59 Å². The van der Waals surface area contributed by atoms with Crippen LogP contribution in [-0.2, 0) is 9.59 Å². The molecule has 0 saturated carbocycles. The minimum atomic E-state index is -0.441. The molecular formula is C11H14N4O2. The molecule has 1 atom stereocenters. The standard InChI is InChI=1S/C11H14N4O2/c1-6-3-9(14-7(2)13-6)15-5-8(11(12)17)4-10(15)16/h3,8H,4-5H2,1-2H3,(H2,12,17). The number of rotatable bonds is 2. The molecule has 6 nitrogen and oxygen atoms in total. The van der Waals surface area contributed by atoms with Crippen molar-refractivity contribution >= 4 is 17.6 Å². The van der Waals surface area contributed by atoms with E-state index >= 15 is 0 Å². The van der Waals surface area contributed by atoms with Crippen LogP contribution < -0.4 is 10.6 Å². The molecule has 2 rings (SSSR count). The van der Waals surface area contributed by atoms with Crippen LogP contribution in [0, 0.1) is 19.8 Å². The second-order valence-corrected chi connectivity index (χ2v) is 4.22. The van der Waals surface area contributed by atoms with Crippen molar-refractivity contribution in [3.05, 3.63) is 17.6 Å². The smallest absolute Gasteiger partial charge is 0.229 e. The van der Waals surface area contributed by atoms with Crippen LogP contribution in [0.1, 0.15) is 17.9 Å². The summed E-state index contributed by atoms with van der Waals surface area (Å²) in [5.74, 6) is 0.173. The minimum Gasteiger partial charge on any atom is -0.369 e. The number of nitrogens with two attached hydrogens (primary N) is 1. The van der Waals surface area contributed by atoms with E-state index in [0.29, 0.717) is 18.2 Å². The number of carbonyl (C=O) groups is 2. The fourth-order valence-electron chi connectivity index (χ4n) is 1.96. The van der Waals surface area contributed by atoms with Crippen molar-refractivity contribution in [3.8, 4) is 0 Å². The van der Waals surface area contributed by atoms with Crippen LogP contribution in [0.25, 0.3) is 0 Å². The van der Waals surface area contributed by atoms with Gasteiger partial charge in [-0.2, -0.15) is 0 Å². The number of carbonyl (C=O) groups excluding carboxylic acids is 2. The molecule has 2 N–H and O–H groups in total. The van der Waals surface area contributed by atoms with Gasteiger partial charge in [-0.3, -0.25) is 14.5 Å². The Morgan fingerprint density at radius 3 is 2.71 bits per heavy atom. The summed E-state index contributed by atoms with van der Waals surface area (Å²) in [6.45, 7) is 3.91. The summed E-state index contributed by atoms with van der Waals surface area (Å²) in [4.78, 5) is 32.7. The number of hydrogen-bond donors (Lipinski definition) is 1. The molecule has 0 bridgehead atoms. The SMILES string of the molecule is Cc1cc(N2CC(C(N)=O)CC2=O)nc(C)n1. The Labute approximate surface area is 98.8 Å². The average molecular weight is 234 g/mol. The van der Waals surface area contributed by atoms with Crippen LogP contribution in [0.5, 0.6) is 0 Å². The Bertz CT molecular complexity index is 466. The summed E-state index contributed by atoms with van der Waals surface area (Å²) >= 11 is 0. The van der Waals surface area contributed by atoms with Crippen LogP contribution in [0.15, 0.2) is 6.07 Å². The first-order valence-electron chi connectivity index (χ1n) is 5.39. The average Bonchev–Trinajstić information content (AvgIpc) is 2.59. The number of amides is 2. The van der Waals surface area contributed by atoms with E-state index in [1.165, 1.54) is 4.90 Å². The van der Waals surface area contributed by atoms with Gasteiger partial charge in [0.05, 0.1) is 5.92 Å². The van der Waals surface area contributed by atoms with Gasteiger partial charge in [0.2, 0.25) is 11.8 Å². The highest BCUT2D eigenvalue weighted by atomic mass is 16.2. The van der Waals surface area contributed by atoms with E-state index in [2.05, 4.69) is 9.97 Å². The Balaban J connectivity index is 2.28. The second kappa shape index (κ2) is 4.12. The van der Waals surface area contributed by atoms with Gasteiger partial charge in [0, 0.05) is 24.7 Å². The molecule has 1 aromatic heterocycles. The first kappa shape index (κ1) is 11.5. The third-order valence-electron chi connectivity index (χ3n) is 2.76. The lowest BCUT2D eigenvalue weighted by Gasteiger charge is -2.15. The largest absolute Gasteiger partial charge is 0.369 e. The molecule has 0 aromatic carbocycles. The number of aromatic nitrogens is 2. The number of primary amides is 1. The van der Waals surface area contributed by atoms with Gasteiger partial charge >= 0.3 is 0 Å². The van der Waals surface area contributed by atoms with E-state index < -0.39 is 11.8 Å². The zero-order valence-corrected chi connectivity index (χ0v) is 9.80. The molecule has 0 spiro atoms. The maximum atomic E-state index is 11.8. The van der Waals surface area contributed by atoms with E-state index in [-0.39, 0.29) is 12.3 Å². The zero-order chi connectivity index (χ0) is 12.6. The van der Waals surface area contributed by atoms with Crippen LogP contribution in [0.4, 0.5) is 5.82 Å². The number of anilines is 1. The summed E-state index contributed by atoms with van der Waals surface area (Å²) in [7, 11) is 0. The van der Waals surface area contributed by atoms with Crippen LogP contribution in [0.2, 0.25) is 0 Å². The summed E-state index contributed by atoms with van der Waals surface area (Å²) in [6.07, 6.45) is 0.164. The van der Waals surface area contributed by atoms with Gasteiger partial charge in [0.1, 0.15) is 11.6 Å². The highest BCUT2D eigenvalue weighted by Crippen LogP contribution is 2.23. The first-order chi connectivity index (χ1) is 7.97. The zero-order valence-electron chi connectivity index (χ0n) is 9.80. The third kappa shape index (κ3) is 2.25. The lowest BCUT2D eigenvalue weighted by molar-refractivity contribution is -0.123. The van der Waals surface area contributed by atoms with Crippen molar-refractivity contribution in [3.63, 3.8) is 0 Å². The summed E-state index contributed by atoms with van der Waals surface area (Å²) < 4.78 is 0. The van der Waals surface area contributed by atoms with Gasteiger partial charge in [-0.05, 0) is 13.8 Å². The fraction of sp³-hybridized carbons (Fsp3) is 0.455. The summed E-state index contributed by atoms with van der Waals surface area (Å²) in [5.41, 5.74) is 6.00. The number of aryl methyl sites for hydroxylation is 2. The predicted octanol–water partition coefficient (Wildman–Crippen LogP) is -0.0684. The van der Waals surface area contributed by atoms with Crippen LogP contribution in [-0.4, -0.2) is 28.3 Å². The molecule has 1 unspecified atom stereocenters. The van der Waals surface area contributed by atoms with E-state index in [9.17, 15) is 9.59 Å². The van der Waals surface area contributed by atoms with Crippen molar-refractivity contribution in [1.29, 1.82) is 0 Å². The molecule has 1 aliphatic heterocycles. The van der Waals surface area contributed by atoms with Gasteiger partial charge in [0.25, 0.3) is 0 Å². The van der Waals surface area contributed by atoms with E-state index in [0.717, 1.165) is 5.69 Å². The summed E-state index contributed by atoms with van der Waals surface area (Å²) in [5, 5.41) is 0. The van der Waals surface area contributed by atoms with Crippen LogP contribution >= 0.6 is 0 Å². The van der Waals surface area contributed by atoms with Crippen molar-refractivity contribution in [2.24, 2.45) is 11.7 Å². The molecule has 0 aliphatic carbocycles. The maximum Gasteiger partial charge on any atom is 0.229 e. The Hall–Kier alpha value is -1.98. The number of hydrogen-bond acceptors (Lipinski definition) is 4. The van der Waals surface area contributed by atoms with Crippen molar-refractivity contribution in [1.82, 2.24) is 9.97 Å². The first-order valence-corrected chi connectivity index (χ1v) is 5.39. The normalized spacial score (nSPS) is 19.8. The Morgan fingerprint density at radius 1 is 1.47 bits per heavy atom. The molecule has 90 valence electrons. The molecule has 1 aliphatic rings. The minimum absolute atomic E-state index is 0.119. The molecular weight excluding hydrogens is 220 g/mol. The predicted molar refractivity (Wildman–Crippen MR) is 61.2 cm³/mol. The highest BCUT2D eigenvalue weighted by molar-refractivity contribution is 5.99. The second-order valence-electron chi connectivity index (χ2n) is 4.22. The summed E-state index contributed by atoms with van der Waals surface area (Å²) in [6, 6.07) is 1.73. The van der Waals surface area contributed by atoms with E-state index in [1.54, 1.807) is 13.0 Å². The van der Waals surface area contributed by atoms with Gasteiger partial charge in [-0.25, -0.2) is 9.97 Å². The molecule has 1 aromatic rings. The van der Waals surface area contributed by atoms with Crippen molar-refractivity contribution in [2.75, 3.05) is 11.4 Å². The number of nitrogens with zero attached hydrogens (tertiary/aromatic N) is 3. The van der Waals surface area contributed by atoms with Gasteiger partial charge < -0.3 is 5.73 Å².